The third-order valence-electron chi connectivity index (χ3n) is 4.48. The highest BCUT2D eigenvalue weighted by Gasteiger charge is 2.33. The van der Waals surface area contributed by atoms with Crippen LogP contribution in [0.3, 0.4) is 0 Å². The Morgan fingerprint density at radius 3 is 2.14 bits per heavy atom. The first-order chi connectivity index (χ1) is 9.90. The van der Waals surface area contributed by atoms with Crippen LogP contribution in [-0.4, -0.2) is 71.2 Å². The van der Waals surface area contributed by atoms with Crippen molar-refractivity contribution in [1.29, 1.82) is 0 Å². The number of carbonyl (C=O) groups excluding carboxylic acids is 3. The van der Waals surface area contributed by atoms with Crippen LogP contribution in [0.25, 0.3) is 0 Å². The Hall–Kier alpha value is -1.59. The normalized spacial score (nSPS) is 21.1. The molecule has 0 N–H and O–H groups in total. The molecule has 2 aliphatic rings. The van der Waals surface area contributed by atoms with E-state index < -0.39 is 0 Å². The third kappa shape index (κ3) is 3.54. The summed E-state index contributed by atoms with van der Waals surface area (Å²) in [5, 5.41) is 0. The first-order valence-corrected chi connectivity index (χ1v) is 7.74. The van der Waals surface area contributed by atoms with Crippen LogP contribution in [0.15, 0.2) is 0 Å². The van der Waals surface area contributed by atoms with Crippen LogP contribution < -0.4 is 0 Å². The van der Waals surface area contributed by atoms with Gasteiger partial charge in [-0.05, 0) is 26.7 Å². The van der Waals surface area contributed by atoms with Crippen molar-refractivity contribution in [2.24, 2.45) is 5.92 Å². The molecule has 0 aromatic heterocycles. The molecule has 0 bridgehead atoms. The third-order valence-corrected chi connectivity index (χ3v) is 4.48. The van der Waals surface area contributed by atoms with Gasteiger partial charge in [-0.1, -0.05) is 0 Å². The zero-order valence-corrected chi connectivity index (χ0v) is 13.2. The molecule has 0 aromatic carbocycles. The summed E-state index contributed by atoms with van der Waals surface area (Å²) in [6.07, 6.45) is 1.41. The number of carbonyl (C=O) groups is 3. The maximum atomic E-state index is 12.5. The molecule has 2 rings (SSSR count). The van der Waals surface area contributed by atoms with Gasteiger partial charge in [0.2, 0.25) is 17.7 Å². The van der Waals surface area contributed by atoms with E-state index in [1.54, 1.807) is 16.7 Å². The highest BCUT2D eigenvalue weighted by atomic mass is 16.2. The van der Waals surface area contributed by atoms with E-state index in [9.17, 15) is 14.4 Å². The highest BCUT2D eigenvalue weighted by molar-refractivity contribution is 5.87. The summed E-state index contributed by atoms with van der Waals surface area (Å²) >= 11 is 0. The molecular weight excluding hydrogens is 270 g/mol. The van der Waals surface area contributed by atoms with Gasteiger partial charge in [0.15, 0.2) is 0 Å². The molecule has 2 aliphatic heterocycles. The lowest BCUT2D eigenvalue weighted by atomic mass is 9.95. The minimum absolute atomic E-state index is 0.0331. The average Bonchev–Trinajstić information content (AvgIpc) is 2.46. The molecule has 2 heterocycles. The van der Waals surface area contributed by atoms with Gasteiger partial charge in [-0.25, -0.2) is 0 Å². The van der Waals surface area contributed by atoms with Gasteiger partial charge in [0.25, 0.3) is 0 Å². The smallest absolute Gasteiger partial charge is 0.242 e. The summed E-state index contributed by atoms with van der Waals surface area (Å²) in [6.45, 7) is 8.27. The van der Waals surface area contributed by atoms with Crippen molar-refractivity contribution >= 4 is 17.7 Å². The molecule has 3 amide bonds. The number of piperazine rings is 1. The number of amides is 3. The Labute approximate surface area is 126 Å². The van der Waals surface area contributed by atoms with Gasteiger partial charge in [-0.15, -0.1) is 0 Å². The zero-order valence-electron chi connectivity index (χ0n) is 13.2. The predicted molar refractivity (Wildman–Crippen MR) is 78.4 cm³/mol. The summed E-state index contributed by atoms with van der Waals surface area (Å²) < 4.78 is 0. The fraction of sp³-hybridized carbons (Fsp3) is 0.800. The molecule has 2 saturated heterocycles. The number of nitrogens with zero attached hydrogens (tertiary/aromatic N) is 3. The summed E-state index contributed by atoms with van der Waals surface area (Å²) in [4.78, 5) is 41.2. The Bertz CT molecular complexity index is 428. The lowest BCUT2D eigenvalue weighted by Crippen LogP contribution is -2.56. The van der Waals surface area contributed by atoms with Gasteiger partial charge in [-0.3, -0.25) is 14.4 Å². The molecule has 0 atom stereocenters. The number of likely N-dealkylation sites (tertiary alicyclic amines) is 1. The fourth-order valence-electron chi connectivity index (χ4n) is 3.12. The maximum absolute atomic E-state index is 12.5. The van der Waals surface area contributed by atoms with E-state index in [0.717, 1.165) is 0 Å². The van der Waals surface area contributed by atoms with E-state index >= 15 is 0 Å². The predicted octanol–water partition coefficient (Wildman–Crippen LogP) is 0.324. The molecule has 6 nitrogen and oxygen atoms in total. The van der Waals surface area contributed by atoms with Crippen LogP contribution in [0.2, 0.25) is 0 Å². The second-order valence-corrected chi connectivity index (χ2v) is 6.22. The molecule has 0 unspecified atom stereocenters. The fourth-order valence-corrected chi connectivity index (χ4v) is 3.12. The van der Waals surface area contributed by atoms with Crippen molar-refractivity contribution in [3.63, 3.8) is 0 Å². The van der Waals surface area contributed by atoms with Gasteiger partial charge in [-0.2, -0.15) is 0 Å². The van der Waals surface area contributed by atoms with Crippen molar-refractivity contribution in [2.75, 3.05) is 32.7 Å². The average molecular weight is 295 g/mol. The molecule has 0 aliphatic carbocycles. The second-order valence-electron chi connectivity index (χ2n) is 6.22. The van der Waals surface area contributed by atoms with Crippen molar-refractivity contribution in [3.05, 3.63) is 0 Å². The Morgan fingerprint density at radius 2 is 1.67 bits per heavy atom. The van der Waals surface area contributed by atoms with Crippen molar-refractivity contribution in [2.45, 2.75) is 39.7 Å². The first kappa shape index (κ1) is 15.8. The van der Waals surface area contributed by atoms with Crippen LogP contribution in [0.1, 0.15) is 33.6 Å². The Morgan fingerprint density at radius 1 is 1.05 bits per heavy atom. The summed E-state index contributed by atoms with van der Waals surface area (Å²) in [7, 11) is 0. The van der Waals surface area contributed by atoms with Crippen LogP contribution >= 0.6 is 0 Å². The minimum atomic E-state index is -0.0426. The number of hydrogen-bond donors (Lipinski definition) is 0. The van der Waals surface area contributed by atoms with Gasteiger partial charge in [0.1, 0.15) is 0 Å². The van der Waals surface area contributed by atoms with Gasteiger partial charge >= 0.3 is 0 Å². The lowest BCUT2D eigenvalue weighted by Gasteiger charge is -2.39. The molecule has 21 heavy (non-hydrogen) atoms. The Kier molecular flexibility index (Phi) is 4.85. The van der Waals surface area contributed by atoms with E-state index in [0.29, 0.717) is 39.0 Å². The molecule has 0 radical (unpaired) electrons. The topological polar surface area (TPSA) is 60.9 Å². The van der Waals surface area contributed by atoms with E-state index in [1.807, 2.05) is 18.7 Å². The standard InChI is InChI=1S/C15H25N3O3/c1-11(2)18-9-8-17(10-14(18)20)15(21)13-4-6-16(7-5-13)12(3)19/h11,13H,4-10H2,1-3H3. The first-order valence-electron chi connectivity index (χ1n) is 7.74. The van der Waals surface area contributed by atoms with Crippen LogP contribution in [0.4, 0.5) is 0 Å². The number of hydrogen-bond acceptors (Lipinski definition) is 3. The minimum Gasteiger partial charge on any atom is -0.343 e. The number of piperidine rings is 1. The highest BCUT2D eigenvalue weighted by Crippen LogP contribution is 2.21. The quantitative estimate of drug-likeness (QED) is 0.737. The monoisotopic (exact) mass is 295 g/mol. The summed E-state index contributed by atoms with van der Waals surface area (Å²) in [5.74, 6) is 0.140. The molecular formula is C15H25N3O3. The molecule has 0 saturated carbocycles. The number of rotatable bonds is 2. The molecule has 118 valence electrons. The van der Waals surface area contributed by atoms with E-state index in [-0.39, 0.29) is 36.2 Å². The summed E-state index contributed by atoms with van der Waals surface area (Å²) in [6, 6.07) is 0.188. The van der Waals surface area contributed by atoms with Gasteiger partial charge in [0.05, 0.1) is 6.54 Å². The lowest BCUT2D eigenvalue weighted by molar-refractivity contribution is -0.150. The van der Waals surface area contributed by atoms with Crippen LogP contribution in [0, 0.1) is 5.92 Å². The molecule has 6 heteroatoms. The van der Waals surface area contributed by atoms with Crippen LogP contribution in [0.5, 0.6) is 0 Å². The largest absolute Gasteiger partial charge is 0.343 e. The van der Waals surface area contributed by atoms with Crippen molar-refractivity contribution < 1.29 is 14.4 Å². The second kappa shape index (κ2) is 6.45. The van der Waals surface area contributed by atoms with Gasteiger partial charge in [0, 0.05) is 45.1 Å². The van der Waals surface area contributed by atoms with Gasteiger partial charge < -0.3 is 14.7 Å². The van der Waals surface area contributed by atoms with E-state index in [1.165, 1.54) is 0 Å². The van der Waals surface area contributed by atoms with Crippen LogP contribution in [-0.2, 0) is 14.4 Å². The maximum Gasteiger partial charge on any atom is 0.242 e. The summed E-state index contributed by atoms with van der Waals surface area (Å²) in [5.41, 5.74) is 0. The Balaban J connectivity index is 1.88. The molecule has 0 aromatic rings. The van der Waals surface area contributed by atoms with Crippen molar-refractivity contribution in [3.8, 4) is 0 Å². The van der Waals surface area contributed by atoms with E-state index in [2.05, 4.69) is 0 Å². The zero-order chi connectivity index (χ0) is 15.6. The molecule has 2 fully saturated rings. The SMILES string of the molecule is CC(=O)N1CCC(C(=O)N2CCN(C(C)C)C(=O)C2)CC1. The van der Waals surface area contributed by atoms with E-state index in [4.69, 9.17) is 0 Å². The molecule has 0 spiro atoms. The van der Waals surface area contributed by atoms with Crippen molar-refractivity contribution in [1.82, 2.24) is 14.7 Å².